The maximum absolute atomic E-state index is 12.8. The highest BCUT2D eigenvalue weighted by Crippen LogP contribution is 2.24. The van der Waals surface area contributed by atoms with Crippen LogP contribution in [0.1, 0.15) is 24.8 Å². The van der Waals surface area contributed by atoms with E-state index in [2.05, 4.69) is 17.1 Å². The molecule has 0 aliphatic carbocycles. The predicted octanol–water partition coefficient (Wildman–Crippen LogP) is 3.75. The Kier molecular flexibility index (Phi) is 5.15. The molecular weight excluding hydrogens is 350 g/mol. The second-order valence-electron chi connectivity index (χ2n) is 7.35. The van der Waals surface area contributed by atoms with E-state index in [0.29, 0.717) is 19.4 Å². The summed E-state index contributed by atoms with van der Waals surface area (Å²) >= 11 is 0. The first-order valence-electron chi connectivity index (χ1n) is 9.82. The summed E-state index contributed by atoms with van der Waals surface area (Å²) in [6.07, 6.45) is 4.77. The number of H-pyrrole nitrogens is 1. The Morgan fingerprint density at radius 1 is 1.14 bits per heavy atom. The third-order valence-corrected chi connectivity index (χ3v) is 5.62. The molecule has 1 atom stereocenters. The van der Waals surface area contributed by atoms with E-state index in [4.69, 9.17) is 0 Å². The fourth-order valence-corrected chi connectivity index (χ4v) is 4.01. The van der Waals surface area contributed by atoms with Gasteiger partial charge in [0.1, 0.15) is 6.04 Å². The van der Waals surface area contributed by atoms with Gasteiger partial charge in [-0.1, -0.05) is 36.4 Å². The number of aryl methyl sites for hydroxylation is 1. The van der Waals surface area contributed by atoms with Gasteiger partial charge >= 0.3 is 0 Å². The Hall–Kier alpha value is -3.08. The van der Waals surface area contributed by atoms with Crippen molar-refractivity contribution in [2.75, 3.05) is 18.5 Å². The Bertz CT molecular complexity index is 980. The first-order chi connectivity index (χ1) is 13.6. The number of amides is 2. The second kappa shape index (κ2) is 7.89. The Morgan fingerprint density at radius 3 is 2.71 bits per heavy atom. The molecule has 3 aromatic rings. The average Bonchev–Trinajstić information content (AvgIpc) is 3.32. The summed E-state index contributed by atoms with van der Waals surface area (Å²) < 4.78 is 0. The molecule has 0 radical (unpaired) electrons. The number of rotatable bonds is 6. The third-order valence-electron chi connectivity index (χ3n) is 5.62. The van der Waals surface area contributed by atoms with Crippen LogP contribution in [0, 0.1) is 0 Å². The lowest BCUT2D eigenvalue weighted by Crippen LogP contribution is -2.42. The van der Waals surface area contributed by atoms with Gasteiger partial charge in [-0.3, -0.25) is 9.59 Å². The number of nitrogens with one attached hydrogen (secondary N) is 1. The van der Waals surface area contributed by atoms with Gasteiger partial charge < -0.3 is 14.8 Å². The zero-order chi connectivity index (χ0) is 19.5. The fourth-order valence-electron chi connectivity index (χ4n) is 4.01. The lowest BCUT2D eigenvalue weighted by Gasteiger charge is -2.24. The molecule has 28 heavy (non-hydrogen) atoms. The van der Waals surface area contributed by atoms with E-state index in [-0.39, 0.29) is 17.9 Å². The summed E-state index contributed by atoms with van der Waals surface area (Å²) in [6.45, 7) is 0.653. The predicted molar refractivity (Wildman–Crippen MR) is 111 cm³/mol. The van der Waals surface area contributed by atoms with Crippen molar-refractivity contribution in [2.24, 2.45) is 0 Å². The van der Waals surface area contributed by atoms with Crippen molar-refractivity contribution in [3.8, 4) is 0 Å². The number of anilines is 1. The zero-order valence-electron chi connectivity index (χ0n) is 16.1. The third kappa shape index (κ3) is 3.52. The highest BCUT2D eigenvalue weighted by atomic mass is 16.2. The Balaban J connectivity index is 1.33. The molecule has 0 saturated carbocycles. The number of likely N-dealkylation sites (N-methyl/N-ethyl adjacent to an activating group) is 1. The summed E-state index contributed by atoms with van der Waals surface area (Å²) in [5, 5.41) is 1.22. The molecule has 1 aromatic heterocycles. The fraction of sp³-hybridized carbons (Fsp3) is 0.304. The molecule has 1 saturated heterocycles. The van der Waals surface area contributed by atoms with Gasteiger partial charge in [-0.2, -0.15) is 0 Å². The highest BCUT2D eigenvalue weighted by Gasteiger charge is 2.36. The Labute approximate surface area is 165 Å². The van der Waals surface area contributed by atoms with Crippen LogP contribution in [0.25, 0.3) is 10.9 Å². The van der Waals surface area contributed by atoms with Crippen molar-refractivity contribution in [3.05, 3.63) is 66.4 Å². The minimum absolute atomic E-state index is 0.0127. The number of nitrogens with zero attached hydrogens (tertiary/aromatic N) is 2. The van der Waals surface area contributed by atoms with Gasteiger partial charge in [-0.25, -0.2) is 0 Å². The lowest BCUT2D eigenvalue weighted by atomic mass is 10.1. The SMILES string of the molecule is CN(C(=O)CCCc1c[nH]c2ccccc12)C1CCN(c2ccccc2)C1=O. The first kappa shape index (κ1) is 18.3. The van der Waals surface area contributed by atoms with E-state index in [9.17, 15) is 9.59 Å². The molecule has 5 nitrogen and oxygen atoms in total. The molecule has 4 rings (SSSR count). The lowest BCUT2D eigenvalue weighted by molar-refractivity contribution is -0.136. The highest BCUT2D eigenvalue weighted by molar-refractivity contribution is 6.01. The first-order valence-corrected chi connectivity index (χ1v) is 9.82. The average molecular weight is 375 g/mol. The van der Waals surface area contributed by atoms with Crippen molar-refractivity contribution >= 4 is 28.4 Å². The van der Waals surface area contributed by atoms with Gasteiger partial charge in [0, 0.05) is 42.8 Å². The molecule has 2 amide bonds. The number of benzene rings is 2. The van der Waals surface area contributed by atoms with Crippen molar-refractivity contribution in [1.29, 1.82) is 0 Å². The molecule has 1 aliphatic rings. The standard InChI is InChI=1S/C23H25N3O2/c1-25(21-14-15-26(23(21)28)18-9-3-2-4-10-18)22(27)13-7-8-17-16-24-20-12-6-5-11-19(17)20/h2-6,9-12,16,21,24H,7-8,13-15H2,1H3. The quantitative estimate of drug-likeness (QED) is 0.713. The summed E-state index contributed by atoms with van der Waals surface area (Å²) in [5.74, 6) is 0.0479. The van der Waals surface area contributed by atoms with Crippen LogP contribution >= 0.6 is 0 Å². The minimum Gasteiger partial charge on any atom is -0.361 e. The molecule has 144 valence electrons. The van der Waals surface area contributed by atoms with E-state index in [1.165, 1.54) is 10.9 Å². The zero-order valence-corrected chi connectivity index (χ0v) is 16.1. The normalized spacial score (nSPS) is 16.7. The number of hydrogen-bond donors (Lipinski definition) is 1. The molecule has 1 aliphatic heterocycles. The van der Waals surface area contributed by atoms with Crippen LogP contribution in [0.3, 0.4) is 0 Å². The molecular formula is C23H25N3O2. The monoisotopic (exact) mass is 375 g/mol. The number of para-hydroxylation sites is 2. The number of carbonyl (C=O) groups excluding carboxylic acids is 2. The summed E-state index contributed by atoms with van der Waals surface area (Å²) in [4.78, 5) is 32.1. The molecule has 1 fully saturated rings. The molecule has 1 unspecified atom stereocenters. The van der Waals surface area contributed by atoms with Crippen LogP contribution in [0.5, 0.6) is 0 Å². The second-order valence-corrected chi connectivity index (χ2v) is 7.35. The minimum atomic E-state index is -0.360. The van der Waals surface area contributed by atoms with E-state index in [0.717, 1.165) is 24.0 Å². The topological polar surface area (TPSA) is 56.4 Å². The maximum Gasteiger partial charge on any atom is 0.249 e. The molecule has 0 spiro atoms. The van der Waals surface area contributed by atoms with E-state index >= 15 is 0 Å². The van der Waals surface area contributed by atoms with Gasteiger partial charge in [-0.05, 0) is 43.0 Å². The summed E-state index contributed by atoms with van der Waals surface area (Å²) in [7, 11) is 1.76. The summed E-state index contributed by atoms with van der Waals surface area (Å²) in [5.41, 5.74) is 3.26. The van der Waals surface area contributed by atoms with Crippen LogP contribution < -0.4 is 4.90 Å². The smallest absolute Gasteiger partial charge is 0.249 e. The van der Waals surface area contributed by atoms with Crippen LogP contribution in [0.4, 0.5) is 5.69 Å². The molecule has 0 bridgehead atoms. The van der Waals surface area contributed by atoms with E-state index in [1.54, 1.807) is 16.8 Å². The van der Waals surface area contributed by atoms with Crippen molar-refractivity contribution in [1.82, 2.24) is 9.88 Å². The molecule has 5 heteroatoms. The number of aromatic nitrogens is 1. The van der Waals surface area contributed by atoms with Crippen molar-refractivity contribution in [3.63, 3.8) is 0 Å². The number of hydrogen-bond acceptors (Lipinski definition) is 2. The number of aromatic amines is 1. The van der Waals surface area contributed by atoms with Crippen molar-refractivity contribution < 1.29 is 9.59 Å². The van der Waals surface area contributed by atoms with E-state index < -0.39 is 0 Å². The van der Waals surface area contributed by atoms with E-state index in [1.807, 2.05) is 48.7 Å². The van der Waals surface area contributed by atoms with Gasteiger partial charge in [0.05, 0.1) is 0 Å². The molecule has 2 heterocycles. The van der Waals surface area contributed by atoms with Gasteiger partial charge in [0.2, 0.25) is 11.8 Å². The largest absolute Gasteiger partial charge is 0.361 e. The number of fused-ring (bicyclic) bond motifs is 1. The molecule has 1 N–H and O–H groups in total. The molecule has 2 aromatic carbocycles. The number of carbonyl (C=O) groups is 2. The van der Waals surface area contributed by atoms with Gasteiger partial charge in [0.25, 0.3) is 0 Å². The van der Waals surface area contributed by atoms with Crippen molar-refractivity contribution in [2.45, 2.75) is 31.7 Å². The van der Waals surface area contributed by atoms with Crippen LogP contribution in [-0.4, -0.2) is 41.3 Å². The maximum atomic E-state index is 12.8. The van der Waals surface area contributed by atoms with Crippen LogP contribution in [-0.2, 0) is 16.0 Å². The summed E-state index contributed by atoms with van der Waals surface area (Å²) in [6, 6.07) is 17.5. The Morgan fingerprint density at radius 2 is 1.89 bits per heavy atom. The van der Waals surface area contributed by atoms with Gasteiger partial charge in [-0.15, -0.1) is 0 Å². The van der Waals surface area contributed by atoms with Crippen LogP contribution in [0.15, 0.2) is 60.8 Å². The van der Waals surface area contributed by atoms with Gasteiger partial charge in [0.15, 0.2) is 0 Å². The van der Waals surface area contributed by atoms with Crippen LogP contribution in [0.2, 0.25) is 0 Å².